The number of carbonyl (C=O) groups is 2. The molecule has 162 valence electrons. The average molecular weight is 421 g/mol. The number of ether oxygens (including phenoxy) is 1. The summed E-state index contributed by atoms with van der Waals surface area (Å²) in [6, 6.07) is 14.5. The highest BCUT2D eigenvalue weighted by Gasteiger charge is 2.22. The number of nitrogens with zero attached hydrogens (tertiary/aromatic N) is 1. The van der Waals surface area contributed by atoms with Gasteiger partial charge in [0, 0.05) is 36.7 Å². The predicted octanol–water partition coefficient (Wildman–Crippen LogP) is 4.75. The third-order valence-electron chi connectivity index (χ3n) is 4.87. The number of hydrogen-bond acceptors (Lipinski definition) is 5. The van der Waals surface area contributed by atoms with Crippen LogP contribution in [0.5, 0.6) is 5.75 Å². The fraction of sp³-hybridized carbons (Fsp3) is 0.320. The number of aromatic hydroxyl groups is 1. The zero-order valence-corrected chi connectivity index (χ0v) is 18.1. The lowest BCUT2D eigenvalue weighted by Crippen LogP contribution is -2.34. The number of fused-ring (bicyclic) bond motifs is 1. The van der Waals surface area contributed by atoms with Crippen LogP contribution in [-0.2, 0) is 16.0 Å². The van der Waals surface area contributed by atoms with Crippen LogP contribution >= 0.6 is 0 Å². The Labute approximate surface area is 182 Å². The normalized spacial score (nSPS) is 12.4. The molecule has 1 aromatic heterocycles. The molecule has 6 nitrogen and oxygen atoms in total. The summed E-state index contributed by atoms with van der Waals surface area (Å²) in [6.45, 7) is 5.70. The lowest BCUT2D eigenvalue weighted by atomic mass is 9.88. The van der Waals surface area contributed by atoms with Crippen molar-refractivity contribution in [3.05, 3.63) is 72.1 Å². The Bertz CT molecular complexity index is 1060. The molecule has 0 spiro atoms. The number of phenolic OH excluding ortho intramolecular Hbond substituents is 1. The molecule has 3 aromatic rings. The van der Waals surface area contributed by atoms with E-state index in [0.717, 1.165) is 21.9 Å². The summed E-state index contributed by atoms with van der Waals surface area (Å²) >= 11 is 0. The van der Waals surface area contributed by atoms with Crippen LogP contribution in [0, 0.1) is 0 Å². The number of carbonyl (C=O) groups excluding carboxylic acids is 2. The SMILES string of the molecule is CC(C)(C)OC(=O)NCCC(C(=O)Cc1ccc2cnccc2c1)c1ccc(O)cc1. The lowest BCUT2D eigenvalue weighted by Gasteiger charge is -2.21. The Kier molecular flexibility index (Phi) is 6.90. The number of amides is 1. The van der Waals surface area contributed by atoms with Crippen LogP contribution in [0.4, 0.5) is 4.79 Å². The molecule has 0 saturated carbocycles. The molecule has 0 radical (unpaired) electrons. The molecule has 31 heavy (non-hydrogen) atoms. The zero-order valence-electron chi connectivity index (χ0n) is 18.1. The van der Waals surface area contributed by atoms with Gasteiger partial charge in [0.1, 0.15) is 17.1 Å². The number of ketones is 1. The van der Waals surface area contributed by atoms with Gasteiger partial charge in [0.15, 0.2) is 0 Å². The van der Waals surface area contributed by atoms with E-state index in [1.165, 1.54) is 0 Å². The van der Waals surface area contributed by atoms with Crippen LogP contribution in [0.25, 0.3) is 10.8 Å². The number of hydrogen-bond donors (Lipinski definition) is 2. The molecular weight excluding hydrogens is 392 g/mol. The summed E-state index contributed by atoms with van der Waals surface area (Å²) in [7, 11) is 0. The maximum absolute atomic E-state index is 13.2. The van der Waals surface area contributed by atoms with E-state index in [0.29, 0.717) is 13.0 Å². The molecule has 0 aliphatic carbocycles. The summed E-state index contributed by atoms with van der Waals surface area (Å²) < 4.78 is 5.26. The van der Waals surface area contributed by atoms with Crippen molar-refractivity contribution in [2.24, 2.45) is 0 Å². The first kappa shape index (κ1) is 22.3. The smallest absolute Gasteiger partial charge is 0.407 e. The first-order valence-corrected chi connectivity index (χ1v) is 10.3. The van der Waals surface area contributed by atoms with Gasteiger partial charge in [0.05, 0.1) is 0 Å². The number of alkyl carbamates (subject to hydrolysis) is 1. The van der Waals surface area contributed by atoms with Gasteiger partial charge in [-0.25, -0.2) is 4.79 Å². The van der Waals surface area contributed by atoms with E-state index in [1.54, 1.807) is 57.4 Å². The van der Waals surface area contributed by atoms with E-state index < -0.39 is 17.6 Å². The number of Topliss-reactive ketones (excluding diaryl/α,β-unsaturated/α-hetero) is 1. The Morgan fingerprint density at radius 2 is 1.81 bits per heavy atom. The van der Waals surface area contributed by atoms with Crippen molar-refractivity contribution >= 4 is 22.6 Å². The second-order valence-corrected chi connectivity index (χ2v) is 8.56. The molecule has 2 N–H and O–H groups in total. The first-order chi connectivity index (χ1) is 14.7. The minimum Gasteiger partial charge on any atom is -0.508 e. The molecule has 3 rings (SSSR count). The number of aromatic nitrogens is 1. The summed E-state index contributed by atoms with van der Waals surface area (Å²) in [4.78, 5) is 29.3. The van der Waals surface area contributed by atoms with Gasteiger partial charge in [-0.05, 0) is 61.9 Å². The van der Waals surface area contributed by atoms with Gasteiger partial charge in [-0.1, -0.05) is 30.3 Å². The number of benzene rings is 2. The summed E-state index contributed by atoms with van der Waals surface area (Å²) in [5, 5.41) is 14.4. The van der Waals surface area contributed by atoms with Gasteiger partial charge < -0.3 is 15.2 Å². The minimum atomic E-state index is -0.581. The molecule has 1 unspecified atom stereocenters. The summed E-state index contributed by atoms with van der Waals surface area (Å²) in [6.07, 6.45) is 3.72. The van der Waals surface area contributed by atoms with Crippen molar-refractivity contribution in [2.45, 2.75) is 45.1 Å². The maximum Gasteiger partial charge on any atom is 0.407 e. The van der Waals surface area contributed by atoms with E-state index in [1.807, 2.05) is 24.3 Å². The van der Waals surface area contributed by atoms with Gasteiger partial charge in [-0.2, -0.15) is 0 Å². The van der Waals surface area contributed by atoms with Crippen molar-refractivity contribution in [1.82, 2.24) is 10.3 Å². The molecule has 1 heterocycles. The Hall–Kier alpha value is -3.41. The zero-order chi connectivity index (χ0) is 22.4. The highest BCUT2D eigenvalue weighted by Crippen LogP contribution is 2.25. The molecule has 0 fully saturated rings. The minimum absolute atomic E-state index is 0.0464. The quantitative estimate of drug-likeness (QED) is 0.576. The van der Waals surface area contributed by atoms with Gasteiger partial charge in [0.2, 0.25) is 0 Å². The Morgan fingerprint density at radius 3 is 2.52 bits per heavy atom. The molecule has 1 amide bonds. The summed E-state index contributed by atoms with van der Waals surface area (Å²) in [5.41, 5.74) is 1.15. The number of phenols is 1. The van der Waals surface area contributed by atoms with Gasteiger partial charge >= 0.3 is 6.09 Å². The van der Waals surface area contributed by atoms with Crippen molar-refractivity contribution in [3.63, 3.8) is 0 Å². The standard InChI is InChI=1S/C25H28N2O4/c1-25(2,3)31-24(30)27-13-11-22(18-6-8-21(28)9-7-18)23(29)15-17-4-5-20-16-26-12-10-19(20)14-17/h4-10,12,14,16,22,28H,11,13,15H2,1-3H3,(H,27,30). The fourth-order valence-corrected chi connectivity index (χ4v) is 3.42. The van der Waals surface area contributed by atoms with Crippen LogP contribution in [-0.4, -0.2) is 34.1 Å². The van der Waals surface area contributed by atoms with E-state index in [9.17, 15) is 14.7 Å². The molecule has 6 heteroatoms. The molecule has 1 atom stereocenters. The Morgan fingerprint density at radius 1 is 1.06 bits per heavy atom. The average Bonchev–Trinajstić information content (AvgIpc) is 2.70. The molecule has 2 aromatic carbocycles. The molecule has 0 bridgehead atoms. The third-order valence-corrected chi connectivity index (χ3v) is 4.87. The lowest BCUT2D eigenvalue weighted by molar-refractivity contribution is -0.120. The largest absolute Gasteiger partial charge is 0.508 e. The van der Waals surface area contributed by atoms with Crippen molar-refractivity contribution in [2.75, 3.05) is 6.54 Å². The van der Waals surface area contributed by atoms with E-state index in [-0.39, 0.29) is 18.0 Å². The number of rotatable bonds is 7. The molecule has 0 saturated heterocycles. The predicted molar refractivity (Wildman–Crippen MR) is 120 cm³/mol. The van der Waals surface area contributed by atoms with Crippen molar-refractivity contribution in [1.29, 1.82) is 0 Å². The first-order valence-electron chi connectivity index (χ1n) is 10.3. The van der Waals surface area contributed by atoms with Crippen LogP contribution < -0.4 is 5.32 Å². The Balaban J connectivity index is 1.72. The second-order valence-electron chi connectivity index (χ2n) is 8.56. The highest BCUT2D eigenvalue weighted by atomic mass is 16.6. The molecule has 0 aliphatic rings. The van der Waals surface area contributed by atoms with E-state index >= 15 is 0 Å². The fourth-order valence-electron chi connectivity index (χ4n) is 3.42. The third kappa shape index (κ3) is 6.54. The summed E-state index contributed by atoms with van der Waals surface area (Å²) in [5.74, 6) is -0.223. The van der Waals surface area contributed by atoms with Gasteiger partial charge in [0.25, 0.3) is 0 Å². The van der Waals surface area contributed by atoms with E-state index in [4.69, 9.17) is 4.74 Å². The number of nitrogens with one attached hydrogen (secondary N) is 1. The van der Waals surface area contributed by atoms with Gasteiger partial charge in [-0.15, -0.1) is 0 Å². The van der Waals surface area contributed by atoms with Crippen molar-refractivity contribution < 1.29 is 19.4 Å². The van der Waals surface area contributed by atoms with Crippen molar-refractivity contribution in [3.8, 4) is 5.75 Å². The number of pyridine rings is 1. The second kappa shape index (κ2) is 9.60. The monoisotopic (exact) mass is 420 g/mol. The van der Waals surface area contributed by atoms with Crippen LogP contribution in [0.3, 0.4) is 0 Å². The van der Waals surface area contributed by atoms with Gasteiger partial charge in [-0.3, -0.25) is 9.78 Å². The molecular formula is C25H28N2O4. The maximum atomic E-state index is 13.2. The van der Waals surface area contributed by atoms with Crippen LogP contribution in [0.15, 0.2) is 60.9 Å². The topological polar surface area (TPSA) is 88.5 Å². The molecule has 0 aliphatic heterocycles. The van der Waals surface area contributed by atoms with Crippen LogP contribution in [0.1, 0.15) is 44.2 Å². The van der Waals surface area contributed by atoms with E-state index in [2.05, 4.69) is 10.3 Å². The highest BCUT2D eigenvalue weighted by molar-refractivity contribution is 5.89. The van der Waals surface area contributed by atoms with Crippen LogP contribution in [0.2, 0.25) is 0 Å².